The highest BCUT2D eigenvalue weighted by Crippen LogP contribution is 2.27. The van der Waals surface area contributed by atoms with E-state index < -0.39 is 0 Å². The van der Waals surface area contributed by atoms with Crippen LogP contribution in [-0.2, 0) is 9.59 Å². The van der Waals surface area contributed by atoms with Crippen LogP contribution in [0.15, 0.2) is 5.16 Å². The zero-order chi connectivity index (χ0) is 10.3. The maximum absolute atomic E-state index is 11.2. The molecule has 76 valence electrons. The molecule has 0 saturated carbocycles. The van der Waals surface area contributed by atoms with Crippen molar-refractivity contribution in [2.75, 3.05) is 13.1 Å². The van der Waals surface area contributed by atoms with Crippen molar-refractivity contribution in [1.29, 1.82) is 0 Å². The highest BCUT2D eigenvalue weighted by molar-refractivity contribution is 6.06. The van der Waals surface area contributed by atoms with Gasteiger partial charge in [-0.05, 0) is 0 Å². The number of oxime groups is 1. The molecule has 4 N–H and O–H groups in total. The van der Waals surface area contributed by atoms with Gasteiger partial charge in [-0.1, -0.05) is 5.16 Å². The first-order chi connectivity index (χ1) is 6.63. The van der Waals surface area contributed by atoms with Gasteiger partial charge in [0, 0.05) is 13.1 Å². The van der Waals surface area contributed by atoms with Crippen molar-refractivity contribution in [2.24, 2.45) is 22.7 Å². The summed E-state index contributed by atoms with van der Waals surface area (Å²) in [5.41, 5.74) is 5.36. The second kappa shape index (κ2) is 2.86. The zero-order valence-corrected chi connectivity index (χ0v) is 7.30. The van der Waals surface area contributed by atoms with Gasteiger partial charge in [-0.2, -0.15) is 0 Å². The van der Waals surface area contributed by atoms with Gasteiger partial charge in [0.25, 0.3) is 0 Å². The van der Waals surface area contributed by atoms with Gasteiger partial charge in [-0.15, -0.1) is 0 Å². The molecule has 0 unspecified atom stereocenters. The maximum Gasteiger partial charge on any atom is 0.233 e. The highest BCUT2D eigenvalue weighted by atomic mass is 16.4. The molecule has 7 nitrogen and oxygen atoms in total. The average Bonchev–Trinajstić information content (AvgIpc) is 2.69. The van der Waals surface area contributed by atoms with Gasteiger partial charge >= 0.3 is 0 Å². The number of nitrogens with one attached hydrogen (secondary N) is 1. The molecular weight excluding hydrogens is 188 g/mol. The summed E-state index contributed by atoms with van der Waals surface area (Å²) in [6, 6.07) is 0. The standard InChI is InChI=1S/C7H10N4O3/c8-7(10-14)11-1-3-4(2-11)6(13)9-5(3)12/h3-4,14H,1-2H2,(H2,8,10)(H,9,12,13)/t3-,4+. The molecule has 2 rings (SSSR count). The number of guanidine groups is 1. The Bertz CT molecular complexity index is 305. The Morgan fingerprint density at radius 2 is 1.93 bits per heavy atom. The van der Waals surface area contributed by atoms with E-state index in [4.69, 9.17) is 10.9 Å². The largest absolute Gasteiger partial charge is 0.408 e. The first kappa shape index (κ1) is 8.79. The third-order valence-corrected chi connectivity index (χ3v) is 2.67. The number of rotatable bonds is 0. The number of imide groups is 1. The number of hydrogen-bond acceptors (Lipinski definition) is 4. The lowest BCUT2D eigenvalue weighted by Crippen LogP contribution is -2.39. The van der Waals surface area contributed by atoms with Gasteiger partial charge in [0.2, 0.25) is 17.8 Å². The molecule has 14 heavy (non-hydrogen) atoms. The summed E-state index contributed by atoms with van der Waals surface area (Å²) in [5, 5.41) is 13.5. The number of nitrogens with two attached hydrogens (primary N) is 1. The molecule has 0 aromatic carbocycles. The topological polar surface area (TPSA) is 108 Å². The molecule has 0 aromatic rings. The van der Waals surface area contributed by atoms with Gasteiger partial charge < -0.3 is 15.8 Å². The van der Waals surface area contributed by atoms with Gasteiger partial charge in [0.1, 0.15) is 0 Å². The molecule has 0 radical (unpaired) electrons. The summed E-state index contributed by atoms with van der Waals surface area (Å²) in [7, 11) is 0. The first-order valence-corrected chi connectivity index (χ1v) is 4.20. The van der Waals surface area contributed by atoms with Crippen LogP contribution in [0.2, 0.25) is 0 Å². The zero-order valence-electron chi connectivity index (χ0n) is 7.30. The molecule has 2 fully saturated rings. The highest BCUT2D eigenvalue weighted by Gasteiger charge is 2.48. The van der Waals surface area contributed by atoms with Crippen LogP contribution in [-0.4, -0.2) is 41.0 Å². The summed E-state index contributed by atoms with van der Waals surface area (Å²) in [4.78, 5) is 24.0. The normalized spacial score (nSPS) is 32.0. The van der Waals surface area contributed by atoms with Crippen LogP contribution in [0.3, 0.4) is 0 Å². The molecule has 2 saturated heterocycles. The fraction of sp³-hybridized carbons (Fsp3) is 0.571. The van der Waals surface area contributed by atoms with Crippen molar-refractivity contribution in [1.82, 2.24) is 10.2 Å². The summed E-state index contributed by atoms with van der Waals surface area (Å²) >= 11 is 0. The van der Waals surface area contributed by atoms with Crippen molar-refractivity contribution < 1.29 is 14.8 Å². The van der Waals surface area contributed by atoms with Gasteiger partial charge in [0.05, 0.1) is 11.8 Å². The first-order valence-electron chi connectivity index (χ1n) is 4.20. The molecule has 7 heteroatoms. The Morgan fingerprint density at radius 3 is 2.36 bits per heavy atom. The van der Waals surface area contributed by atoms with E-state index in [-0.39, 0.29) is 29.6 Å². The lowest BCUT2D eigenvalue weighted by molar-refractivity contribution is -0.126. The number of carbonyl (C=O) groups is 2. The van der Waals surface area contributed by atoms with Crippen LogP contribution in [0.4, 0.5) is 0 Å². The summed E-state index contributed by atoms with van der Waals surface area (Å²) < 4.78 is 0. The molecule has 0 bridgehead atoms. The Morgan fingerprint density at radius 1 is 1.43 bits per heavy atom. The average molecular weight is 198 g/mol. The van der Waals surface area contributed by atoms with Crippen LogP contribution in [0.25, 0.3) is 0 Å². The molecule has 2 amide bonds. The van der Waals surface area contributed by atoms with Crippen LogP contribution in [0.1, 0.15) is 0 Å². The summed E-state index contributed by atoms with van der Waals surface area (Å²) in [6.45, 7) is 0.663. The molecule has 2 heterocycles. The van der Waals surface area contributed by atoms with E-state index in [1.54, 1.807) is 0 Å². The van der Waals surface area contributed by atoms with Gasteiger partial charge in [-0.3, -0.25) is 14.9 Å². The predicted molar refractivity (Wildman–Crippen MR) is 45.1 cm³/mol. The molecule has 2 atom stereocenters. The second-order valence-corrected chi connectivity index (χ2v) is 3.43. The summed E-state index contributed by atoms with van der Waals surface area (Å²) in [5.74, 6) is -1.31. The fourth-order valence-corrected chi connectivity index (χ4v) is 1.89. The molecule has 0 spiro atoms. The quantitative estimate of drug-likeness (QED) is 0.136. The van der Waals surface area contributed by atoms with E-state index in [2.05, 4.69) is 10.5 Å². The lowest BCUT2D eigenvalue weighted by Gasteiger charge is -2.15. The number of carbonyl (C=O) groups excluding carboxylic acids is 2. The van der Waals surface area contributed by atoms with Crippen LogP contribution in [0, 0.1) is 11.8 Å². The van der Waals surface area contributed by atoms with Crippen molar-refractivity contribution in [3.05, 3.63) is 0 Å². The Balaban J connectivity index is 2.15. The van der Waals surface area contributed by atoms with Crippen molar-refractivity contribution in [3.8, 4) is 0 Å². The number of nitrogens with zero attached hydrogens (tertiary/aromatic N) is 2. The number of likely N-dealkylation sites (tertiary alicyclic amines) is 1. The predicted octanol–water partition coefficient (Wildman–Crippen LogP) is -2.11. The minimum Gasteiger partial charge on any atom is -0.408 e. The SMILES string of the molecule is N/C(=N\O)N1C[C@@H]2C(=O)NC(=O)[C@@H]2C1. The van der Waals surface area contributed by atoms with E-state index in [1.165, 1.54) is 4.90 Å². The Hall–Kier alpha value is -1.79. The maximum atomic E-state index is 11.2. The fourth-order valence-electron chi connectivity index (χ4n) is 1.89. The minimum atomic E-state index is -0.359. The molecular formula is C7H10N4O3. The van der Waals surface area contributed by atoms with E-state index >= 15 is 0 Å². The molecule has 0 aliphatic carbocycles. The molecule has 2 aliphatic rings. The van der Waals surface area contributed by atoms with Gasteiger partial charge in [0.15, 0.2) is 0 Å². The van der Waals surface area contributed by atoms with Crippen LogP contribution in [0.5, 0.6) is 0 Å². The minimum absolute atomic E-state index is 0.0556. The van der Waals surface area contributed by atoms with E-state index in [1.807, 2.05) is 0 Å². The summed E-state index contributed by atoms with van der Waals surface area (Å²) in [6.07, 6.45) is 0. The molecule has 2 aliphatic heterocycles. The smallest absolute Gasteiger partial charge is 0.233 e. The Labute approximate surface area is 79.5 Å². The Kier molecular flexibility index (Phi) is 1.80. The third kappa shape index (κ3) is 1.09. The second-order valence-electron chi connectivity index (χ2n) is 3.43. The van der Waals surface area contributed by atoms with Crippen LogP contribution < -0.4 is 11.1 Å². The van der Waals surface area contributed by atoms with Gasteiger partial charge in [-0.25, -0.2) is 0 Å². The van der Waals surface area contributed by atoms with Crippen molar-refractivity contribution in [3.63, 3.8) is 0 Å². The number of hydrogen-bond donors (Lipinski definition) is 3. The third-order valence-electron chi connectivity index (χ3n) is 2.67. The van der Waals surface area contributed by atoms with Crippen molar-refractivity contribution >= 4 is 17.8 Å². The van der Waals surface area contributed by atoms with E-state index in [0.29, 0.717) is 13.1 Å². The molecule has 0 aromatic heterocycles. The number of fused-ring (bicyclic) bond motifs is 1. The van der Waals surface area contributed by atoms with E-state index in [0.717, 1.165) is 0 Å². The monoisotopic (exact) mass is 198 g/mol. The van der Waals surface area contributed by atoms with Crippen molar-refractivity contribution in [2.45, 2.75) is 0 Å². The van der Waals surface area contributed by atoms with E-state index in [9.17, 15) is 9.59 Å². The lowest BCUT2D eigenvalue weighted by atomic mass is 10.00. The van der Waals surface area contributed by atoms with Crippen LogP contribution >= 0.6 is 0 Å². The number of amides is 2.